The van der Waals surface area contributed by atoms with E-state index < -0.39 is 12.0 Å². The summed E-state index contributed by atoms with van der Waals surface area (Å²) in [5.41, 5.74) is 5.28. The van der Waals surface area contributed by atoms with Crippen LogP contribution in [0.25, 0.3) is 0 Å². The Morgan fingerprint density at radius 2 is 2.21 bits per heavy atom. The molecule has 76 valence electrons. The number of carboxylic acid groups (broad SMARTS) is 1. The fraction of sp³-hybridized carbons (Fsp3) is 0.333. The number of hydrogen-bond acceptors (Lipinski definition) is 6. The smallest absolute Gasteiger partial charge is 0.325 e. The first-order valence-electron chi connectivity index (χ1n) is 3.65. The van der Waals surface area contributed by atoms with Gasteiger partial charge in [-0.3, -0.25) is 4.79 Å². The summed E-state index contributed by atoms with van der Waals surface area (Å²) in [5.74, 6) is -1.05. The summed E-state index contributed by atoms with van der Waals surface area (Å²) in [7, 11) is 0. The molecular weight excluding hydrogens is 210 g/mol. The summed E-state index contributed by atoms with van der Waals surface area (Å²) < 4.78 is 0. The van der Waals surface area contributed by atoms with E-state index in [1.165, 1.54) is 6.92 Å². The molecule has 0 bridgehead atoms. The number of nitrogens with zero attached hydrogens (tertiary/aromatic N) is 3. The van der Waals surface area contributed by atoms with Crippen LogP contribution in [0.3, 0.4) is 0 Å². The van der Waals surface area contributed by atoms with E-state index >= 15 is 0 Å². The number of carboxylic acids is 1. The molecule has 0 aliphatic rings. The van der Waals surface area contributed by atoms with E-state index in [9.17, 15) is 4.79 Å². The molecule has 1 atom stereocenters. The zero-order chi connectivity index (χ0) is 10.7. The molecule has 0 aliphatic carbocycles. The van der Waals surface area contributed by atoms with Crippen molar-refractivity contribution in [2.24, 2.45) is 0 Å². The van der Waals surface area contributed by atoms with Crippen LogP contribution in [0, 0.1) is 0 Å². The summed E-state index contributed by atoms with van der Waals surface area (Å²) in [6.45, 7) is 1.44. The van der Waals surface area contributed by atoms with Crippen LogP contribution in [0.15, 0.2) is 0 Å². The van der Waals surface area contributed by atoms with Crippen molar-refractivity contribution in [1.82, 2.24) is 15.0 Å². The number of nitrogens with two attached hydrogens (primary N) is 1. The molecule has 1 aromatic heterocycles. The number of rotatable bonds is 3. The Kier molecular flexibility index (Phi) is 3.03. The topological polar surface area (TPSA) is 114 Å². The Morgan fingerprint density at radius 3 is 2.71 bits per heavy atom. The third-order valence-electron chi connectivity index (χ3n) is 1.34. The Bertz CT molecular complexity index is 338. The highest BCUT2D eigenvalue weighted by molar-refractivity contribution is 6.28. The Hall–Kier alpha value is -1.63. The molecule has 8 heteroatoms. The number of anilines is 2. The zero-order valence-corrected chi connectivity index (χ0v) is 7.99. The number of carbonyl (C=O) groups is 1. The molecule has 1 rings (SSSR count). The molecule has 0 aromatic carbocycles. The van der Waals surface area contributed by atoms with Gasteiger partial charge in [-0.05, 0) is 18.5 Å². The van der Waals surface area contributed by atoms with Crippen LogP contribution in [-0.4, -0.2) is 32.1 Å². The van der Waals surface area contributed by atoms with Gasteiger partial charge in [0, 0.05) is 0 Å². The van der Waals surface area contributed by atoms with Crippen LogP contribution < -0.4 is 11.1 Å². The van der Waals surface area contributed by atoms with Crippen molar-refractivity contribution >= 4 is 29.5 Å². The van der Waals surface area contributed by atoms with Gasteiger partial charge in [0.1, 0.15) is 6.04 Å². The predicted molar refractivity (Wildman–Crippen MR) is 50.0 cm³/mol. The predicted octanol–water partition coefficient (Wildman–Crippen LogP) is -0.00780. The van der Waals surface area contributed by atoms with Gasteiger partial charge in [0.2, 0.25) is 17.2 Å². The number of aromatic nitrogens is 3. The van der Waals surface area contributed by atoms with Crippen LogP contribution in [-0.2, 0) is 4.79 Å². The highest BCUT2D eigenvalue weighted by Crippen LogP contribution is 2.07. The van der Waals surface area contributed by atoms with Crippen LogP contribution in [0.2, 0.25) is 5.28 Å². The van der Waals surface area contributed by atoms with E-state index in [-0.39, 0.29) is 17.2 Å². The minimum atomic E-state index is -1.03. The largest absolute Gasteiger partial charge is 0.480 e. The second-order valence-electron chi connectivity index (χ2n) is 2.49. The van der Waals surface area contributed by atoms with Crippen LogP contribution in [0.1, 0.15) is 6.92 Å². The van der Waals surface area contributed by atoms with Crippen LogP contribution >= 0.6 is 11.6 Å². The number of halogens is 1. The van der Waals surface area contributed by atoms with Gasteiger partial charge in [0.05, 0.1) is 0 Å². The molecule has 0 unspecified atom stereocenters. The van der Waals surface area contributed by atoms with Gasteiger partial charge in [-0.25, -0.2) is 0 Å². The molecule has 4 N–H and O–H groups in total. The second kappa shape index (κ2) is 4.05. The molecule has 1 aromatic rings. The highest BCUT2D eigenvalue weighted by Gasteiger charge is 2.12. The molecule has 14 heavy (non-hydrogen) atoms. The molecule has 1 heterocycles. The molecule has 0 saturated carbocycles. The highest BCUT2D eigenvalue weighted by atomic mass is 35.5. The number of hydrogen-bond donors (Lipinski definition) is 3. The Labute approximate surface area is 84.3 Å². The van der Waals surface area contributed by atoms with E-state index in [1.807, 2.05) is 0 Å². The zero-order valence-electron chi connectivity index (χ0n) is 7.23. The standard InChI is InChI=1S/C6H8ClN5O2/c1-2(3(13)14)9-6-11-4(7)10-5(8)12-6/h2H,1H3,(H,13,14)(H3,8,9,10,11,12)/t2-/m0/s1. The summed E-state index contributed by atoms with van der Waals surface area (Å²) in [6.07, 6.45) is 0. The molecule has 7 nitrogen and oxygen atoms in total. The van der Waals surface area contributed by atoms with E-state index in [4.69, 9.17) is 22.4 Å². The Balaban J connectivity index is 2.81. The third kappa shape index (κ3) is 2.70. The van der Waals surface area contributed by atoms with E-state index in [1.54, 1.807) is 0 Å². The van der Waals surface area contributed by atoms with Crippen LogP contribution in [0.4, 0.5) is 11.9 Å². The van der Waals surface area contributed by atoms with E-state index in [0.29, 0.717) is 0 Å². The monoisotopic (exact) mass is 217 g/mol. The van der Waals surface area contributed by atoms with E-state index in [2.05, 4.69) is 20.3 Å². The number of nitrogens with one attached hydrogen (secondary N) is 1. The maximum atomic E-state index is 10.5. The molecule has 0 fully saturated rings. The molecule has 0 radical (unpaired) electrons. The van der Waals surface area contributed by atoms with Crippen molar-refractivity contribution in [3.05, 3.63) is 5.28 Å². The van der Waals surface area contributed by atoms with Gasteiger partial charge in [-0.15, -0.1) is 0 Å². The Morgan fingerprint density at radius 1 is 1.57 bits per heavy atom. The quantitative estimate of drug-likeness (QED) is 0.652. The maximum Gasteiger partial charge on any atom is 0.325 e. The average Bonchev–Trinajstić information content (AvgIpc) is 2.01. The minimum Gasteiger partial charge on any atom is -0.480 e. The molecule has 0 aliphatic heterocycles. The van der Waals surface area contributed by atoms with Gasteiger partial charge in [-0.2, -0.15) is 15.0 Å². The molecule has 0 amide bonds. The lowest BCUT2D eigenvalue weighted by molar-refractivity contribution is -0.137. The van der Waals surface area contributed by atoms with Crippen molar-refractivity contribution in [2.75, 3.05) is 11.1 Å². The van der Waals surface area contributed by atoms with Gasteiger partial charge in [0.25, 0.3) is 0 Å². The van der Waals surface area contributed by atoms with Gasteiger partial charge < -0.3 is 16.2 Å². The third-order valence-corrected chi connectivity index (χ3v) is 1.51. The van der Waals surface area contributed by atoms with Crippen LogP contribution in [0.5, 0.6) is 0 Å². The summed E-state index contributed by atoms with van der Waals surface area (Å²) in [5, 5.41) is 11.0. The van der Waals surface area contributed by atoms with Gasteiger partial charge >= 0.3 is 5.97 Å². The first-order chi connectivity index (χ1) is 6.49. The average molecular weight is 218 g/mol. The molecule has 0 spiro atoms. The SMILES string of the molecule is C[C@H](Nc1nc(N)nc(Cl)n1)C(=O)O. The first kappa shape index (κ1) is 10.5. The first-order valence-corrected chi connectivity index (χ1v) is 4.03. The van der Waals surface area contributed by atoms with Crippen molar-refractivity contribution in [1.29, 1.82) is 0 Å². The maximum absolute atomic E-state index is 10.5. The lowest BCUT2D eigenvalue weighted by atomic mass is 10.3. The number of aliphatic carboxylic acids is 1. The van der Waals surface area contributed by atoms with Crippen molar-refractivity contribution < 1.29 is 9.90 Å². The summed E-state index contributed by atoms with van der Waals surface area (Å²) >= 11 is 5.48. The second-order valence-corrected chi connectivity index (χ2v) is 2.83. The van der Waals surface area contributed by atoms with Crippen molar-refractivity contribution in [3.63, 3.8) is 0 Å². The summed E-state index contributed by atoms with van der Waals surface area (Å²) in [6, 6.07) is -0.826. The normalized spacial score (nSPS) is 12.1. The number of nitrogen functional groups attached to an aromatic ring is 1. The fourth-order valence-electron chi connectivity index (χ4n) is 0.685. The fourth-order valence-corrected chi connectivity index (χ4v) is 0.852. The minimum absolute atomic E-state index is 0.0393. The lowest BCUT2D eigenvalue weighted by Crippen LogP contribution is -2.26. The lowest BCUT2D eigenvalue weighted by Gasteiger charge is -2.08. The van der Waals surface area contributed by atoms with Crippen molar-refractivity contribution in [2.45, 2.75) is 13.0 Å². The van der Waals surface area contributed by atoms with E-state index in [0.717, 1.165) is 0 Å². The van der Waals surface area contributed by atoms with Gasteiger partial charge in [-0.1, -0.05) is 0 Å². The summed E-state index contributed by atoms with van der Waals surface area (Å²) in [4.78, 5) is 21.3. The van der Waals surface area contributed by atoms with Gasteiger partial charge in [0.15, 0.2) is 0 Å². The van der Waals surface area contributed by atoms with Crippen molar-refractivity contribution in [3.8, 4) is 0 Å². The molecule has 0 saturated heterocycles. The molecular formula is C6H8ClN5O2.